The van der Waals surface area contributed by atoms with Gasteiger partial charge >= 0.3 is 0 Å². The molecule has 2 N–H and O–H groups in total. The van der Waals surface area contributed by atoms with E-state index >= 15 is 0 Å². The van der Waals surface area contributed by atoms with E-state index in [1.54, 1.807) is 6.26 Å². The molecule has 0 saturated heterocycles. The van der Waals surface area contributed by atoms with Gasteiger partial charge in [0, 0.05) is 12.0 Å². The van der Waals surface area contributed by atoms with E-state index in [9.17, 15) is 0 Å². The summed E-state index contributed by atoms with van der Waals surface area (Å²) in [5.41, 5.74) is 11.6. The zero-order valence-electron chi connectivity index (χ0n) is 13.8. The summed E-state index contributed by atoms with van der Waals surface area (Å²) in [6, 6.07) is 8.61. The molecule has 0 radical (unpaired) electrons. The molecule has 2 aromatic rings. The van der Waals surface area contributed by atoms with Gasteiger partial charge < -0.3 is 10.2 Å². The minimum Gasteiger partial charge on any atom is -0.469 e. The van der Waals surface area contributed by atoms with Crippen LogP contribution in [0.15, 0.2) is 34.9 Å². The maximum atomic E-state index is 6.54. The summed E-state index contributed by atoms with van der Waals surface area (Å²) in [4.78, 5) is 0. The molecule has 114 valence electrons. The van der Waals surface area contributed by atoms with Crippen molar-refractivity contribution in [2.45, 2.75) is 58.9 Å². The topological polar surface area (TPSA) is 39.2 Å². The minimum absolute atomic E-state index is 0.114. The second-order valence-electron chi connectivity index (χ2n) is 6.33. The van der Waals surface area contributed by atoms with Crippen LogP contribution >= 0.6 is 0 Å². The zero-order valence-corrected chi connectivity index (χ0v) is 13.8. The fraction of sp³-hybridized carbons (Fsp3) is 0.474. The summed E-state index contributed by atoms with van der Waals surface area (Å²) >= 11 is 0. The van der Waals surface area contributed by atoms with E-state index < -0.39 is 0 Å². The molecule has 1 aromatic heterocycles. The first-order valence-corrected chi connectivity index (χ1v) is 7.91. The van der Waals surface area contributed by atoms with E-state index in [1.165, 1.54) is 16.7 Å². The molecule has 0 aliphatic carbocycles. The summed E-state index contributed by atoms with van der Waals surface area (Å²) in [7, 11) is 0. The van der Waals surface area contributed by atoms with Gasteiger partial charge in [0.1, 0.15) is 5.76 Å². The lowest BCUT2D eigenvalue weighted by Crippen LogP contribution is -2.16. The highest BCUT2D eigenvalue weighted by Crippen LogP contribution is 2.32. The molecule has 0 aliphatic rings. The monoisotopic (exact) mass is 285 g/mol. The van der Waals surface area contributed by atoms with Crippen LogP contribution in [-0.2, 0) is 6.42 Å². The summed E-state index contributed by atoms with van der Waals surface area (Å²) < 4.78 is 5.54. The normalized spacial score (nSPS) is 13.1. The average Bonchev–Trinajstić information content (AvgIpc) is 2.94. The SMILES string of the molecule is CCc1occc1C(N)c1ccc(C(C)C)cc1C(C)C. The first kappa shape index (κ1) is 15.8. The molecule has 0 aliphatic heterocycles. The van der Waals surface area contributed by atoms with Gasteiger partial charge in [-0.05, 0) is 34.6 Å². The molecule has 1 atom stereocenters. The molecule has 2 heteroatoms. The fourth-order valence-electron chi connectivity index (χ4n) is 2.82. The highest BCUT2D eigenvalue weighted by atomic mass is 16.3. The maximum Gasteiger partial charge on any atom is 0.108 e. The molecular formula is C19H27NO. The summed E-state index contributed by atoms with van der Waals surface area (Å²) in [6.07, 6.45) is 2.61. The Kier molecular flexibility index (Phi) is 4.89. The van der Waals surface area contributed by atoms with Crippen LogP contribution < -0.4 is 5.73 Å². The van der Waals surface area contributed by atoms with E-state index in [4.69, 9.17) is 10.2 Å². The quantitative estimate of drug-likeness (QED) is 0.826. The molecule has 0 amide bonds. The van der Waals surface area contributed by atoms with Crippen molar-refractivity contribution in [1.29, 1.82) is 0 Å². The van der Waals surface area contributed by atoms with Crippen LogP contribution in [0.3, 0.4) is 0 Å². The van der Waals surface area contributed by atoms with Gasteiger partial charge in [0.15, 0.2) is 0 Å². The molecule has 1 aromatic carbocycles. The van der Waals surface area contributed by atoms with Gasteiger partial charge in [0.25, 0.3) is 0 Å². The van der Waals surface area contributed by atoms with Gasteiger partial charge in [-0.25, -0.2) is 0 Å². The van der Waals surface area contributed by atoms with Crippen LogP contribution in [0.5, 0.6) is 0 Å². The number of hydrogen-bond acceptors (Lipinski definition) is 2. The van der Waals surface area contributed by atoms with Gasteiger partial charge in [0.2, 0.25) is 0 Å². The molecule has 0 bridgehead atoms. The average molecular weight is 285 g/mol. The maximum absolute atomic E-state index is 6.54. The van der Waals surface area contributed by atoms with Crippen molar-refractivity contribution in [3.8, 4) is 0 Å². The van der Waals surface area contributed by atoms with Crippen molar-refractivity contribution >= 4 is 0 Å². The molecule has 1 heterocycles. The van der Waals surface area contributed by atoms with Crippen molar-refractivity contribution in [1.82, 2.24) is 0 Å². The highest BCUT2D eigenvalue weighted by Gasteiger charge is 2.19. The highest BCUT2D eigenvalue weighted by molar-refractivity contribution is 5.42. The number of furan rings is 1. The number of hydrogen-bond donors (Lipinski definition) is 1. The smallest absolute Gasteiger partial charge is 0.108 e. The molecular weight excluding hydrogens is 258 g/mol. The van der Waals surface area contributed by atoms with Crippen molar-refractivity contribution < 1.29 is 4.42 Å². The second-order valence-corrected chi connectivity index (χ2v) is 6.33. The van der Waals surface area contributed by atoms with Crippen molar-refractivity contribution in [2.24, 2.45) is 5.73 Å². The number of benzene rings is 1. The van der Waals surface area contributed by atoms with E-state index in [1.807, 2.05) is 6.07 Å². The Morgan fingerprint density at radius 3 is 2.24 bits per heavy atom. The second kappa shape index (κ2) is 6.48. The number of rotatable bonds is 5. The molecule has 0 saturated carbocycles. The lowest BCUT2D eigenvalue weighted by molar-refractivity contribution is 0.509. The van der Waals surface area contributed by atoms with Gasteiger partial charge in [-0.15, -0.1) is 0 Å². The van der Waals surface area contributed by atoms with E-state index in [-0.39, 0.29) is 6.04 Å². The molecule has 2 rings (SSSR count). The molecule has 21 heavy (non-hydrogen) atoms. The Hall–Kier alpha value is -1.54. The third-order valence-corrected chi connectivity index (χ3v) is 4.17. The Bertz CT molecular complexity index is 595. The van der Waals surface area contributed by atoms with E-state index in [0.717, 1.165) is 17.7 Å². The number of aryl methyl sites for hydroxylation is 1. The Balaban J connectivity index is 2.47. The summed E-state index contributed by atoms with van der Waals surface area (Å²) in [5, 5.41) is 0. The van der Waals surface area contributed by atoms with E-state index in [0.29, 0.717) is 11.8 Å². The molecule has 0 spiro atoms. The number of nitrogens with two attached hydrogens (primary N) is 1. The first-order valence-electron chi connectivity index (χ1n) is 7.91. The Morgan fingerprint density at radius 1 is 0.952 bits per heavy atom. The Labute approximate surface area is 128 Å². The predicted octanol–water partition coefficient (Wildman–Crippen LogP) is 5.14. The van der Waals surface area contributed by atoms with Crippen LogP contribution in [0.25, 0.3) is 0 Å². The molecule has 1 unspecified atom stereocenters. The van der Waals surface area contributed by atoms with Crippen molar-refractivity contribution in [3.05, 3.63) is 58.5 Å². The largest absolute Gasteiger partial charge is 0.469 e. The minimum atomic E-state index is -0.114. The lowest BCUT2D eigenvalue weighted by Gasteiger charge is -2.21. The van der Waals surface area contributed by atoms with Crippen LogP contribution in [0.4, 0.5) is 0 Å². The van der Waals surface area contributed by atoms with Crippen molar-refractivity contribution in [3.63, 3.8) is 0 Å². The van der Waals surface area contributed by atoms with E-state index in [2.05, 4.69) is 52.8 Å². The van der Waals surface area contributed by atoms with Gasteiger partial charge in [0.05, 0.1) is 12.3 Å². The van der Waals surface area contributed by atoms with Crippen LogP contribution in [0, 0.1) is 0 Å². The van der Waals surface area contributed by atoms with Crippen LogP contribution in [0.2, 0.25) is 0 Å². The van der Waals surface area contributed by atoms with Gasteiger partial charge in [-0.2, -0.15) is 0 Å². The fourth-order valence-corrected chi connectivity index (χ4v) is 2.82. The van der Waals surface area contributed by atoms with Crippen LogP contribution in [0.1, 0.15) is 80.5 Å². The standard InChI is InChI=1S/C19H27NO/c1-6-18-16(9-10-21-18)19(20)15-8-7-14(12(2)3)11-17(15)13(4)5/h7-13,19H,6,20H2,1-5H3. The zero-order chi connectivity index (χ0) is 15.6. The third kappa shape index (κ3) is 3.21. The van der Waals surface area contributed by atoms with Gasteiger partial charge in [-0.1, -0.05) is 52.8 Å². The first-order chi connectivity index (χ1) is 9.95. The summed E-state index contributed by atoms with van der Waals surface area (Å²) in [5.74, 6) is 1.99. The Morgan fingerprint density at radius 2 is 1.67 bits per heavy atom. The van der Waals surface area contributed by atoms with Crippen molar-refractivity contribution in [2.75, 3.05) is 0 Å². The van der Waals surface area contributed by atoms with Crippen LogP contribution in [-0.4, -0.2) is 0 Å². The molecule has 0 fully saturated rings. The summed E-state index contributed by atoms with van der Waals surface area (Å²) in [6.45, 7) is 11.0. The lowest BCUT2D eigenvalue weighted by atomic mass is 9.86. The predicted molar refractivity (Wildman–Crippen MR) is 88.7 cm³/mol. The third-order valence-electron chi connectivity index (χ3n) is 4.17. The molecule has 2 nitrogen and oxygen atoms in total. The van der Waals surface area contributed by atoms with Gasteiger partial charge in [-0.3, -0.25) is 0 Å².